The molecule has 1 amide bonds. The molecule has 0 saturated carbocycles. The first-order valence-corrected chi connectivity index (χ1v) is 9.13. The second-order valence-corrected chi connectivity index (χ2v) is 6.75. The van der Waals surface area contributed by atoms with Crippen LogP contribution in [0.4, 0.5) is 11.7 Å². The summed E-state index contributed by atoms with van der Waals surface area (Å²) < 4.78 is 16.5. The van der Waals surface area contributed by atoms with E-state index in [2.05, 4.69) is 15.2 Å². The number of benzene rings is 2. The molecule has 2 aliphatic heterocycles. The third-order valence-electron chi connectivity index (χ3n) is 4.90. The predicted molar refractivity (Wildman–Crippen MR) is 101 cm³/mol. The number of amides is 1. The van der Waals surface area contributed by atoms with Gasteiger partial charge in [-0.2, -0.15) is 4.98 Å². The number of aromatic nitrogens is 1. The van der Waals surface area contributed by atoms with E-state index in [0.29, 0.717) is 28.8 Å². The number of fused-ring (bicyclic) bond motifs is 2. The van der Waals surface area contributed by atoms with Crippen molar-refractivity contribution in [1.82, 2.24) is 4.98 Å². The van der Waals surface area contributed by atoms with Crippen molar-refractivity contribution in [2.24, 2.45) is 0 Å². The van der Waals surface area contributed by atoms with Crippen LogP contribution < -0.4 is 19.7 Å². The smallest absolute Gasteiger partial charge is 0.298 e. The van der Waals surface area contributed by atoms with Crippen LogP contribution in [0.25, 0.3) is 11.1 Å². The van der Waals surface area contributed by atoms with Gasteiger partial charge in [-0.25, -0.2) is 0 Å². The van der Waals surface area contributed by atoms with Crippen LogP contribution in [0.3, 0.4) is 0 Å². The van der Waals surface area contributed by atoms with Gasteiger partial charge in [0.2, 0.25) is 6.79 Å². The average molecular weight is 365 g/mol. The summed E-state index contributed by atoms with van der Waals surface area (Å²) >= 11 is 0. The highest BCUT2D eigenvalue weighted by atomic mass is 16.7. The fourth-order valence-electron chi connectivity index (χ4n) is 3.45. The van der Waals surface area contributed by atoms with Gasteiger partial charge in [0, 0.05) is 24.3 Å². The molecule has 138 valence electrons. The van der Waals surface area contributed by atoms with Crippen LogP contribution in [0, 0.1) is 0 Å². The van der Waals surface area contributed by atoms with Crippen LogP contribution in [0.5, 0.6) is 11.5 Å². The standard InChI is InChI=1S/C20H19N3O4/c24-19(13-4-6-17-18(10-13)26-12-25-17)21-14-5-7-16-15(11-14)22-20(27-16)23-8-2-1-3-9-23/h4-7,10-11H,1-3,8-9,12H2,(H,21,24). The maximum Gasteiger partial charge on any atom is 0.298 e. The van der Waals surface area contributed by atoms with Gasteiger partial charge in [-0.3, -0.25) is 4.79 Å². The zero-order valence-electron chi connectivity index (χ0n) is 14.7. The monoisotopic (exact) mass is 365 g/mol. The molecule has 0 aliphatic carbocycles. The van der Waals surface area contributed by atoms with Crippen molar-refractivity contribution >= 4 is 28.7 Å². The summed E-state index contributed by atoms with van der Waals surface area (Å²) in [5.41, 5.74) is 2.63. The molecule has 3 heterocycles. The highest BCUT2D eigenvalue weighted by Gasteiger charge is 2.18. The Bertz CT molecular complexity index is 1010. The Hall–Kier alpha value is -3.22. The molecule has 7 nitrogen and oxygen atoms in total. The highest BCUT2D eigenvalue weighted by molar-refractivity contribution is 6.05. The van der Waals surface area contributed by atoms with E-state index in [-0.39, 0.29) is 12.7 Å². The number of carbonyl (C=O) groups is 1. The molecule has 1 N–H and O–H groups in total. The van der Waals surface area contributed by atoms with E-state index in [1.165, 1.54) is 6.42 Å². The van der Waals surface area contributed by atoms with Gasteiger partial charge in [0.25, 0.3) is 11.9 Å². The van der Waals surface area contributed by atoms with E-state index >= 15 is 0 Å². The number of anilines is 2. The molecule has 5 rings (SSSR count). The molecule has 0 atom stereocenters. The summed E-state index contributed by atoms with van der Waals surface area (Å²) in [7, 11) is 0. The van der Waals surface area contributed by atoms with Crippen molar-refractivity contribution in [3.63, 3.8) is 0 Å². The van der Waals surface area contributed by atoms with Crippen molar-refractivity contribution in [3.8, 4) is 11.5 Å². The van der Waals surface area contributed by atoms with E-state index in [9.17, 15) is 4.79 Å². The summed E-state index contributed by atoms with van der Waals surface area (Å²) in [5, 5.41) is 2.90. The second kappa shape index (κ2) is 6.50. The molecule has 2 aliphatic rings. The van der Waals surface area contributed by atoms with Gasteiger partial charge < -0.3 is 24.1 Å². The number of nitrogens with zero attached hydrogens (tertiary/aromatic N) is 2. The molecule has 1 fully saturated rings. The largest absolute Gasteiger partial charge is 0.454 e. The van der Waals surface area contributed by atoms with Crippen LogP contribution in [0.15, 0.2) is 40.8 Å². The van der Waals surface area contributed by atoms with Crippen molar-refractivity contribution in [2.75, 3.05) is 30.1 Å². The number of hydrogen-bond donors (Lipinski definition) is 1. The van der Waals surface area contributed by atoms with E-state index in [0.717, 1.165) is 37.0 Å². The van der Waals surface area contributed by atoms with Crippen LogP contribution in [-0.2, 0) is 0 Å². The second-order valence-electron chi connectivity index (χ2n) is 6.75. The van der Waals surface area contributed by atoms with Gasteiger partial charge in [0.1, 0.15) is 5.52 Å². The number of oxazole rings is 1. The molecule has 0 radical (unpaired) electrons. The van der Waals surface area contributed by atoms with Crippen molar-refractivity contribution in [2.45, 2.75) is 19.3 Å². The van der Waals surface area contributed by atoms with Gasteiger partial charge in [0.15, 0.2) is 17.1 Å². The Morgan fingerprint density at radius 1 is 1.00 bits per heavy atom. The lowest BCUT2D eigenvalue weighted by Crippen LogP contribution is -2.29. The highest BCUT2D eigenvalue weighted by Crippen LogP contribution is 2.33. The van der Waals surface area contributed by atoms with E-state index < -0.39 is 0 Å². The fraction of sp³-hybridized carbons (Fsp3) is 0.300. The van der Waals surface area contributed by atoms with Crippen molar-refractivity contribution in [3.05, 3.63) is 42.0 Å². The normalized spacial score (nSPS) is 15.9. The minimum absolute atomic E-state index is 0.183. The molecule has 1 aromatic heterocycles. The Kier molecular flexibility index (Phi) is 3.85. The first kappa shape index (κ1) is 16.0. The summed E-state index contributed by atoms with van der Waals surface area (Å²) in [5.74, 6) is 1.02. The number of ether oxygens (including phenoxy) is 2. The average Bonchev–Trinajstić information content (AvgIpc) is 3.34. The van der Waals surface area contributed by atoms with E-state index in [4.69, 9.17) is 13.9 Å². The van der Waals surface area contributed by atoms with Crippen LogP contribution in [-0.4, -0.2) is 30.8 Å². The van der Waals surface area contributed by atoms with Crippen LogP contribution in [0.2, 0.25) is 0 Å². The third kappa shape index (κ3) is 3.05. The fourth-order valence-corrected chi connectivity index (χ4v) is 3.45. The Morgan fingerprint density at radius 3 is 2.74 bits per heavy atom. The summed E-state index contributed by atoms with van der Waals surface area (Å²) in [6.07, 6.45) is 3.58. The Balaban J connectivity index is 1.36. The maximum absolute atomic E-state index is 12.5. The zero-order valence-corrected chi connectivity index (χ0v) is 14.7. The van der Waals surface area contributed by atoms with E-state index in [1.54, 1.807) is 18.2 Å². The molecule has 0 bridgehead atoms. The first-order valence-electron chi connectivity index (χ1n) is 9.13. The molecule has 0 unspecified atom stereocenters. The lowest BCUT2D eigenvalue weighted by molar-refractivity contribution is 0.102. The van der Waals surface area contributed by atoms with Gasteiger partial charge in [-0.05, 0) is 55.7 Å². The van der Waals surface area contributed by atoms with Crippen LogP contribution in [0.1, 0.15) is 29.6 Å². The maximum atomic E-state index is 12.5. The SMILES string of the molecule is O=C(Nc1ccc2oc(N3CCCCC3)nc2c1)c1ccc2c(c1)OCO2. The predicted octanol–water partition coefficient (Wildman–Crippen LogP) is 3.80. The number of hydrogen-bond acceptors (Lipinski definition) is 6. The Labute approximate surface area is 155 Å². The lowest BCUT2D eigenvalue weighted by Gasteiger charge is -2.24. The summed E-state index contributed by atoms with van der Waals surface area (Å²) in [6, 6.07) is 11.3. The Morgan fingerprint density at radius 2 is 1.85 bits per heavy atom. The van der Waals surface area contributed by atoms with Gasteiger partial charge in [0.05, 0.1) is 0 Å². The summed E-state index contributed by atoms with van der Waals surface area (Å²) in [4.78, 5) is 19.3. The summed E-state index contributed by atoms with van der Waals surface area (Å²) in [6.45, 7) is 2.13. The topological polar surface area (TPSA) is 76.8 Å². The number of carbonyl (C=O) groups excluding carboxylic acids is 1. The van der Waals surface area contributed by atoms with E-state index in [1.807, 2.05) is 18.2 Å². The minimum Gasteiger partial charge on any atom is -0.454 e. The first-order chi connectivity index (χ1) is 13.3. The van der Waals surface area contributed by atoms with Gasteiger partial charge in [-0.15, -0.1) is 0 Å². The number of piperidine rings is 1. The molecule has 2 aromatic carbocycles. The van der Waals surface area contributed by atoms with Crippen molar-refractivity contribution in [1.29, 1.82) is 0 Å². The molecule has 0 spiro atoms. The van der Waals surface area contributed by atoms with Crippen molar-refractivity contribution < 1.29 is 18.7 Å². The van der Waals surface area contributed by atoms with Crippen LogP contribution >= 0.6 is 0 Å². The molecular weight excluding hydrogens is 346 g/mol. The number of rotatable bonds is 3. The quantitative estimate of drug-likeness (QED) is 0.761. The third-order valence-corrected chi connectivity index (χ3v) is 4.90. The number of nitrogens with one attached hydrogen (secondary N) is 1. The molecule has 1 saturated heterocycles. The van der Waals surface area contributed by atoms with Gasteiger partial charge in [-0.1, -0.05) is 0 Å². The molecule has 7 heteroatoms. The minimum atomic E-state index is -0.215. The van der Waals surface area contributed by atoms with Gasteiger partial charge >= 0.3 is 0 Å². The molecule has 27 heavy (non-hydrogen) atoms. The lowest BCUT2D eigenvalue weighted by atomic mass is 10.1. The molecule has 3 aromatic rings. The zero-order chi connectivity index (χ0) is 18.2. The molecular formula is C20H19N3O4.